The summed E-state index contributed by atoms with van der Waals surface area (Å²) in [6.45, 7) is 2.83. The van der Waals surface area contributed by atoms with E-state index in [2.05, 4.69) is 11.9 Å². The molecule has 132 valence electrons. The van der Waals surface area contributed by atoms with E-state index in [1.54, 1.807) is 12.2 Å². The normalized spacial score (nSPS) is 15.3. The predicted molar refractivity (Wildman–Crippen MR) is 103 cm³/mol. The van der Waals surface area contributed by atoms with Crippen LogP contribution >= 0.6 is 0 Å². The number of ether oxygens (including phenoxy) is 2. The molecule has 1 aliphatic rings. The van der Waals surface area contributed by atoms with Crippen molar-refractivity contribution in [1.29, 1.82) is 0 Å². The number of carbonyl (C=O) groups is 1. The highest BCUT2D eigenvalue weighted by molar-refractivity contribution is 6.11. The van der Waals surface area contributed by atoms with Gasteiger partial charge >= 0.3 is 5.97 Å². The van der Waals surface area contributed by atoms with Crippen LogP contribution in [-0.4, -0.2) is 18.5 Å². The Hall–Kier alpha value is -3.14. The average molecular weight is 347 g/mol. The Balaban J connectivity index is 1.67. The molecule has 0 bridgehead atoms. The van der Waals surface area contributed by atoms with Gasteiger partial charge in [0.2, 0.25) is 5.90 Å². The number of benzene rings is 2. The quantitative estimate of drug-likeness (QED) is 0.412. The van der Waals surface area contributed by atoms with Crippen molar-refractivity contribution >= 4 is 17.9 Å². The molecule has 26 heavy (non-hydrogen) atoms. The van der Waals surface area contributed by atoms with E-state index < -0.39 is 5.97 Å². The van der Waals surface area contributed by atoms with Gasteiger partial charge in [0.25, 0.3) is 0 Å². The maximum absolute atomic E-state index is 12.0. The number of nitrogens with zero attached hydrogens (tertiary/aromatic N) is 1. The lowest BCUT2D eigenvalue weighted by Gasteiger charge is -2.05. The van der Waals surface area contributed by atoms with Gasteiger partial charge in [-0.3, -0.25) is 0 Å². The van der Waals surface area contributed by atoms with Crippen molar-refractivity contribution in [2.24, 2.45) is 4.99 Å². The van der Waals surface area contributed by atoms with Crippen LogP contribution in [0, 0.1) is 0 Å². The van der Waals surface area contributed by atoms with E-state index in [-0.39, 0.29) is 5.70 Å². The highest BCUT2D eigenvalue weighted by Gasteiger charge is 2.23. The molecule has 0 radical (unpaired) electrons. The molecule has 4 heteroatoms. The van der Waals surface area contributed by atoms with Gasteiger partial charge in [-0.1, -0.05) is 55.8 Å². The van der Waals surface area contributed by atoms with Gasteiger partial charge in [-0.05, 0) is 42.3 Å². The third-order valence-electron chi connectivity index (χ3n) is 3.83. The Morgan fingerprint density at radius 2 is 1.85 bits per heavy atom. The summed E-state index contributed by atoms with van der Waals surface area (Å²) in [6.07, 6.45) is 7.49. The molecule has 0 amide bonds. The maximum atomic E-state index is 12.0. The Kier molecular flexibility index (Phi) is 5.99. The number of esters is 1. The fraction of sp³-hybridized carbons (Fsp3) is 0.182. The van der Waals surface area contributed by atoms with E-state index in [0.29, 0.717) is 12.5 Å². The maximum Gasteiger partial charge on any atom is 0.363 e. The summed E-state index contributed by atoms with van der Waals surface area (Å²) in [5.74, 6) is 0.670. The molecule has 4 nitrogen and oxygen atoms in total. The zero-order chi connectivity index (χ0) is 18.2. The highest BCUT2D eigenvalue weighted by Crippen LogP contribution is 2.19. The number of unbranched alkanes of at least 4 members (excludes halogenated alkanes) is 1. The number of cyclic esters (lactones) is 1. The smallest absolute Gasteiger partial charge is 0.363 e. The predicted octanol–water partition coefficient (Wildman–Crippen LogP) is 4.77. The van der Waals surface area contributed by atoms with Crippen molar-refractivity contribution in [3.8, 4) is 5.75 Å². The topological polar surface area (TPSA) is 47.9 Å². The summed E-state index contributed by atoms with van der Waals surface area (Å²) in [4.78, 5) is 16.3. The van der Waals surface area contributed by atoms with Crippen molar-refractivity contribution in [3.05, 3.63) is 83.6 Å². The zero-order valence-electron chi connectivity index (χ0n) is 14.7. The molecule has 1 aliphatic heterocycles. The van der Waals surface area contributed by atoms with Crippen molar-refractivity contribution in [3.63, 3.8) is 0 Å². The summed E-state index contributed by atoms with van der Waals surface area (Å²) in [6, 6.07) is 17.3. The molecule has 0 fully saturated rings. The van der Waals surface area contributed by atoms with Crippen LogP contribution in [0.4, 0.5) is 0 Å². The Morgan fingerprint density at radius 3 is 2.58 bits per heavy atom. The molecule has 0 unspecified atom stereocenters. The summed E-state index contributed by atoms with van der Waals surface area (Å²) in [5.41, 5.74) is 2.09. The van der Waals surface area contributed by atoms with Crippen molar-refractivity contribution < 1.29 is 14.3 Å². The van der Waals surface area contributed by atoms with Crippen LogP contribution in [0.25, 0.3) is 6.08 Å². The largest absolute Gasteiger partial charge is 0.494 e. The van der Waals surface area contributed by atoms with E-state index in [4.69, 9.17) is 9.47 Å². The van der Waals surface area contributed by atoms with Crippen molar-refractivity contribution in [2.75, 3.05) is 6.61 Å². The number of allylic oxidation sites excluding steroid dienone is 2. The third-order valence-corrected chi connectivity index (χ3v) is 3.83. The Bertz CT molecular complexity index is 833. The van der Waals surface area contributed by atoms with Gasteiger partial charge in [-0.2, -0.15) is 0 Å². The second-order valence-corrected chi connectivity index (χ2v) is 5.85. The number of aliphatic imine (C=N–C) groups is 1. The monoisotopic (exact) mass is 347 g/mol. The molecule has 0 spiro atoms. The van der Waals surface area contributed by atoms with Gasteiger partial charge in [0.15, 0.2) is 5.70 Å². The molecule has 3 rings (SSSR count). The summed E-state index contributed by atoms with van der Waals surface area (Å²) in [5, 5.41) is 0. The molecule has 0 saturated carbocycles. The molecule has 1 heterocycles. The van der Waals surface area contributed by atoms with Gasteiger partial charge < -0.3 is 9.47 Å². The second-order valence-electron chi connectivity index (χ2n) is 5.85. The van der Waals surface area contributed by atoms with Gasteiger partial charge in [-0.15, -0.1) is 0 Å². The van der Waals surface area contributed by atoms with Crippen LogP contribution in [0.1, 0.15) is 30.9 Å². The minimum atomic E-state index is -0.444. The van der Waals surface area contributed by atoms with Crippen LogP contribution in [0.2, 0.25) is 0 Å². The first kappa shape index (κ1) is 17.7. The van der Waals surface area contributed by atoms with Crippen LogP contribution in [-0.2, 0) is 9.53 Å². The molecular formula is C22H21NO3. The van der Waals surface area contributed by atoms with Gasteiger partial charge in [0.05, 0.1) is 6.61 Å². The number of hydrogen-bond acceptors (Lipinski definition) is 4. The first-order chi connectivity index (χ1) is 12.8. The van der Waals surface area contributed by atoms with Crippen molar-refractivity contribution in [2.45, 2.75) is 19.8 Å². The zero-order valence-corrected chi connectivity index (χ0v) is 14.7. The van der Waals surface area contributed by atoms with Gasteiger partial charge in [0.1, 0.15) is 5.75 Å². The Labute approximate surface area is 153 Å². The number of carbonyl (C=O) groups excluding carboxylic acids is 1. The van der Waals surface area contributed by atoms with Gasteiger partial charge in [0, 0.05) is 5.56 Å². The SMILES string of the molecule is CCCCOc1ccc(C2=N/C(=C\C=C\c3ccccc3)C(=O)O2)cc1. The van der Waals surface area contributed by atoms with Crippen molar-refractivity contribution in [1.82, 2.24) is 0 Å². The molecule has 0 aliphatic carbocycles. The molecule has 0 saturated heterocycles. The first-order valence-electron chi connectivity index (χ1n) is 8.74. The summed E-state index contributed by atoms with van der Waals surface area (Å²) in [7, 11) is 0. The lowest BCUT2D eigenvalue weighted by Crippen LogP contribution is -2.05. The van der Waals surface area contributed by atoms with E-state index in [1.165, 1.54) is 0 Å². The lowest BCUT2D eigenvalue weighted by molar-refractivity contribution is -0.130. The fourth-order valence-corrected chi connectivity index (χ4v) is 2.39. The number of hydrogen-bond donors (Lipinski definition) is 0. The molecule has 2 aromatic carbocycles. The molecular weight excluding hydrogens is 326 g/mol. The van der Waals surface area contributed by atoms with Crippen LogP contribution < -0.4 is 4.74 Å². The third kappa shape index (κ3) is 4.70. The van der Waals surface area contributed by atoms with Gasteiger partial charge in [-0.25, -0.2) is 9.79 Å². The molecule has 0 atom stereocenters. The minimum Gasteiger partial charge on any atom is -0.494 e. The average Bonchev–Trinajstić information content (AvgIpc) is 3.04. The first-order valence-corrected chi connectivity index (χ1v) is 8.74. The minimum absolute atomic E-state index is 0.287. The molecule has 0 N–H and O–H groups in total. The van der Waals surface area contributed by atoms with E-state index in [9.17, 15) is 4.79 Å². The molecule has 0 aromatic heterocycles. The standard InChI is InChI=1S/C22H21NO3/c1-2-3-16-25-19-14-12-18(13-15-19)21-23-20(22(24)26-21)11-7-10-17-8-5-4-6-9-17/h4-15H,2-3,16H2,1H3/b10-7+,20-11-. The van der Waals surface area contributed by atoms with E-state index in [0.717, 1.165) is 29.7 Å². The lowest BCUT2D eigenvalue weighted by atomic mass is 10.2. The summed E-state index contributed by atoms with van der Waals surface area (Å²) >= 11 is 0. The second kappa shape index (κ2) is 8.81. The summed E-state index contributed by atoms with van der Waals surface area (Å²) < 4.78 is 10.9. The highest BCUT2D eigenvalue weighted by atomic mass is 16.6. The van der Waals surface area contributed by atoms with Crippen LogP contribution in [0.5, 0.6) is 5.75 Å². The Morgan fingerprint density at radius 1 is 1.08 bits per heavy atom. The number of rotatable bonds is 7. The fourth-order valence-electron chi connectivity index (χ4n) is 2.39. The molecule has 2 aromatic rings. The van der Waals surface area contributed by atoms with Crippen LogP contribution in [0.3, 0.4) is 0 Å². The van der Waals surface area contributed by atoms with E-state index >= 15 is 0 Å². The van der Waals surface area contributed by atoms with E-state index in [1.807, 2.05) is 60.7 Å². The van der Waals surface area contributed by atoms with Crippen LogP contribution in [0.15, 0.2) is 77.4 Å².